The minimum absolute atomic E-state index is 0.152. The molecule has 0 spiro atoms. The number of hydrogen-bond acceptors (Lipinski definition) is 5. The molecule has 4 atom stereocenters. The molecule has 0 aromatic heterocycles. The molecule has 1 aromatic carbocycles. The number of para-hydroxylation sites is 1. The Morgan fingerprint density at radius 3 is 1.97 bits per heavy atom. The summed E-state index contributed by atoms with van der Waals surface area (Å²) in [5, 5.41) is 2.85. The van der Waals surface area contributed by atoms with Crippen LogP contribution in [0.2, 0.25) is 0 Å². The Morgan fingerprint density at radius 1 is 1.03 bits per heavy atom. The van der Waals surface area contributed by atoms with Crippen LogP contribution in [0.4, 0.5) is 0 Å². The van der Waals surface area contributed by atoms with Gasteiger partial charge in [-0.3, -0.25) is 9.36 Å². The van der Waals surface area contributed by atoms with Crippen LogP contribution < -0.4 is 9.61 Å². The van der Waals surface area contributed by atoms with Gasteiger partial charge in [0.2, 0.25) is 0 Å². The van der Waals surface area contributed by atoms with Crippen LogP contribution in [-0.4, -0.2) is 31.6 Å². The molecule has 0 aliphatic rings. The number of rotatable bonds is 12. The summed E-state index contributed by atoms with van der Waals surface area (Å²) >= 11 is 0. The van der Waals surface area contributed by atoms with Gasteiger partial charge < -0.3 is 14.0 Å². The molecule has 0 heterocycles. The highest BCUT2D eigenvalue weighted by Crippen LogP contribution is 2.48. The Kier molecular flexibility index (Phi) is 10.4. The van der Waals surface area contributed by atoms with Crippen molar-refractivity contribution < 1.29 is 23.4 Å². The molecular weight excluding hydrogens is 389 g/mol. The third-order valence-electron chi connectivity index (χ3n) is 5.00. The number of carbonyl (C=O) groups excluding carboxylic acids is 1. The second kappa shape index (κ2) is 11.7. The summed E-state index contributed by atoms with van der Waals surface area (Å²) in [5.74, 6) is 0.646. The molecule has 1 rings (SSSR count). The summed E-state index contributed by atoms with van der Waals surface area (Å²) in [5.41, 5.74) is 2.03. The molecule has 0 aliphatic carbocycles. The van der Waals surface area contributed by atoms with Crippen LogP contribution in [0.3, 0.4) is 0 Å². The fraction of sp³-hybridized carbons (Fsp3) is 0.682. The van der Waals surface area contributed by atoms with Crippen molar-refractivity contribution in [1.29, 1.82) is 0 Å². The fourth-order valence-corrected chi connectivity index (χ4v) is 4.71. The summed E-state index contributed by atoms with van der Waals surface area (Å²) in [6, 6.07) is 5.26. The average molecular weight is 428 g/mol. The molecule has 1 aromatic rings. The molecule has 0 fully saturated rings. The van der Waals surface area contributed by atoms with Gasteiger partial charge >= 0.3 is 13.5 Å². The first kappa shape index (κ1) is 25.7. The van der Waals surface area contributed by atoms with Crippen molar-refractivity contribution in [2.24, 2.45) is 0 Å². The number of hydrogen-bond donors (Lipinski definition) is 1. The van der Waals surface area contributed by atoms with E-state index in [0.717, 1.165) is 24.0 Å². The summed E-state index contributed by atoms with van der Waals surface area (Å²) in [6.45, 7) is 13.6. The fourth-order valence-electron chi connectivity index (χ4n) is 2.98. The number of nitrogens with one attached hydrogen (secondary N) is 1. The van der Waals surface area contributed by atoms with Gasteiger partial charge in [-0.05, 0) is 56.6 Å². The molecule has 0 aliphatic heterocycles. The van der Waals surface area contributed by atoms with Crippen LogP contribution in [0.5, 0.6) is 5.75 Å². The molecule has 0 radical (unpaired) electrons. The van der Waals surface area contributed by atoms with E-state index in [9.17, 15) is 9.36 Å². The Morgan fingerprint density at radius 2 is 1.55 bits per heavy atom. The van der Waals surface area contributed by atoms with Crippen LogP contribution in [0.1, 0.15) is 84.3 Å². The average Bonchev–Trinajstić information content (AvgIpc) is 2.66. The van der Waals surface area contributed by atoms with Crippen molar-refractivity contribution in [1.82, 2.24) is 5.09 Å². The Balaban J connectivity index is 3.32. The molecule has 29 heavy (non-hydrogen) atoms. The largest absolute Gasteiger partial charge is 0.462 e. The van der Waals surface area contributed by atoms with Crippen LogP contribution in [-0.2, 0) is 18.8 Å². The van der Waals surface area contributed by atoms with Gasteiger partial charge in [0.05, 0.1) is 6.10 Å². The van der Waals surface area contributed by atoms with Crippen molar-refractivity contribution in [2.75, 3.05) is 13.5 Å². The predicted octanol–water partition coefficient (Wildman–Crippen LogP) is 5.82. The molecular formula is C22H38NO5P. The van der Waals surface area contributed by atoms with Gasteiger partial charge in [-0.15, -0.1) is 0 Å². The summed E-state index contributed by atoms with van der Waals surface area (Å²) in [6.07, 6.45) is 1.46. The van der Waals surface area contributed by atoms with E-state index in [1.54, 1.807) is 20.8 Å². The minimum atomic E-state index is -3.52. The topological polar surface area (TPSA) is 73.9 Å². The van der Waals surface area contributed by atoms with Crippen molar-refractivity contribution in [2.45, 2.75) is 85.3 Å². The van der Waals surface area contributed by atoms with Gasteiger partial charge in [-0.1, -0.05) is 45.9 Å². The summed E-state index contributed by atoms with van der Waals surface area (Å²) < 4.78 is 30.2. The molecule has 166 valence electrons. The Bertz CT molecular complexity index is 678. The Hall–Kier alpha value is -1.36. The summed E-state index contributed by atoms with van der Waals surface area (Å²) in [4.78, 5) is 12.2. The number of methoxy groups -OCH3 is 1. The van der Waals surface area contributed by atoms with E-state index in [1.165, 1.54) is 7.11 Å². The van der Waals surface area contributed by atoms with E-state index >= 15 is 0 Å². The number of esters is 1. The molecule has 7 heteroatoms. The van der Waals surface area contributed by atoms with E-state index in [1.807, 2.05) is 18.2 Å². The van der Waals surface area contributed by atoms with E-state index in [0.29, 0.717) is 5.75 Å². The second-order valence-electron chi connectivity index (χ2n) is 7.90. The maximum atomic E-state index is 13.6. The van der Waals surface area contributed by atoms with Gasteiger partial charge in [0.25, 0.3) is 0 Å². The van der Waals surface area contributed by atoms with E-state index in [4.69, 9.17) is 14.0 Å². The first-order valence-corrected chi connectivity index (χ1v) is 12.3. The lowest BCUT2D eigenvalue weighted by Gasteiger charge is -2.28. The van der Waals surface area contributed by atoms with Gasteiger partial charge in [0, 0.05) is 7.11 Å². The normalized spacial score (nSPS) is 16.7. The van der Waals surface area contributed by atoms with Gasteiger partial charge in [-0.25, -0.2) is 5.09 Å². The van der Waals surface area contributed by atoms with Gasteiger partial charge in [0.15, 0.2) is 0 Å². The van der Waals surface area contributed by atoms with Crippen molar-refractivity contribution >= 4 is 13.5 Å². The highest BCUT2D eigenvalue weighted by molar-refractivity contribution is 7.57. The van der Waals surface area contributed by atoms with E-state index in [-0.39, 0.29) is 24.3 Å². The first-order chi connectivity index (χ1) is 13.6. The SMILES string of the molecule is CCC(C)c1cccc(C(C)CC)c1OP(=O)(COC)N[C@@H](C)C(=O)OC(C)C. The zero-order valence-electron chi connectivity index (χ0n) is 19.2. The van der Waals surface area contributed by atoms with Crippen LogP contribution >= 0.6 is 7.52 Å². The molecule has 0 saturated heterocycles. The first-order valence-electron chi connectivity index (χ1n) is 10.5. The minimum Gasteiger partial charge on any atom is -0.462 e. The molecule has 0 bridgehead atoms. The lowest BCUT2D eigenvalue weighted by Crippen LogP contribution is -2.36. The number of benzene rings is 1. The summed E-state index contributed by atoms with van der Waals surface area (Å²) in [7, 11) is -2.06. The Labute approximate surface area is 176 Å². The molecule has 0 amide bonds. The highest BCUT2D eigenvalue weighted by Gasteiger charge is 2.33. The third-order valence-corrected chi connectivity index (χ3v) is 6.85. The zero-order chi connectivity index (χ0) is 22.2. The second-order valence-corrected chi connectivity index (χ2v) is 9.95. The van der Waals surface area contributed by atoms with Crippen LogP contribution in [0.15, 0.2) is 18.2 Å². The standard InChI is InChI=1S/C22H38NO5P/c1-9-16(5)19-12-11-13-20(17(6)10-2)21(19)28-29(25,14-26-8)23-18(7)22(24)27-15(3)4/h11-13,15-18H,9-10,14H2,1-8H3,(H,23,25)/t16?,17?,18-,29?/m0/s1. The molecule has 0 saturated carbocycles. The van der Waals surface area contributed by atoms with Gasteiger partial charge in [-0.2, -0.15) is 0 Å². The number of ether oxygens (including phenoxy) is 2. The zero-order valence-corrected chi connectivity index (χ0v) is 20.0. The molecule has 1 N–H and O–H groups in total. The van der Waals surface area contributed by atoms with Crippen molar-refractivity contribution in [3.63, 3.8) is 0 Å². The van der Waals surface area contributed by atoms with Crippen LogP contribution in [0, 0.1) is 0 Å². The highest BCUT2D eigenvalue weighted by atomic mass is 31.2. The predicted molar refractivity (Wildman–Crippen MR) is 118 cm³/mol. The monoisotopic (exact) mass is 427 g/mol. The lowest BCUT2D eigenvalue weighted by molar-refractivity contribution is -0.149. The van der Waals surface area contributed by atoms with Crippen molar-refractivity contribution in [3.05, 3.63) is 29.3 Å². The number of carbonyl (C=O) groups is 1. The molecule has 6 nitrogen and oxygen atoms in total. The van der Waals surface area contributed by atoms with E-state index in [2.05, 4.69) is 32.8 Å². The smallest absolute Gasteiger partial charge is 0.342 e. The maximum Gasteiger partial charge on any atom is 0.342 e. The van der Waals surface area contributed by atoms with E-state index < -0.39 is 19.5 Å². The van der Waals surface area contributed by atoms with Crippen LogP contribution in [0.25, 0.3) is 0 Å². The molecule has 3 unspecified atom stereocenters. The van der Waals surface area contributed by atoms with Gasteiger partial charge in [0.1, 0.15) is 18.1 Å². The quantitative estimate of drug-likeness (QED) is 0.335. The third kappa shape index (κ3) is 7.44. The maximum absolute atomic E-state index is 13.6. The van der Waals surface area contributed by atoms with Crippen molar-refractivity contribution in [3.8, 4) is 5.75 Å². The lowest BCUT2D eigenvalue weighted by atomic mass is 9.90.